The number of alkyl halides is 1. The molecule has 0 atom stereocenters. The summed E-state index contributed by atoms with van der Waals surface area (Å²) < 4.78 is 0. The van der Waals surface area contributed by atoms with Crippen LogP contribution in [-0.4, -0.2) is 17.3 Å². The van der Waals surface area contributed by atoms with Gasteiger partial charge in [-0.2, -0.15) is 0 Å². The van der Waals surface area contributed by atoms with Gasteiger partial charge in [-0.15, -0.1) is 11.6 Å². The summed E-state index contributed by atoms with van der Waals surface area (Å²) in [5, 5.41) is 3.83. The van der Waals surface area contributed by atoms with E-state index in [9.17, 15) is 4.79 Å². The summed E-state index contributed by atoms with van der Waals surface area (Å²) >= 11 is 11.9. The van der Waals surface area contributed by atoms with E-state index in [1.54, 1.807) is 0 Å². The maximum Gasteiger partial charge on any atom is 0.224 e. The molecule has 1 fully saturated rings. The summed E-state index contributed by atoms with van der Waals surface area (Å²) in [6.07, 6.45) is 5.90. The van der Waals surface area contributed by atoms with Crippen LogP contribution in [0.2, 0.25) is 5.02 Å². The minimum absolute atomic E-state index is 0.0462. The predicted octanol–water partition coefficient (Wildman–Crippen LogP) is 3.94. The van der Waals surface area contributed by atoms with Crippen molar-refractivity contribution >= 4 is 29.1 Å². The molecule has 1 aliphatic rings. The van der Waals surface area contributed by atoms with Crippen LogP contribution >= 0.6 is 23.2 Å². The molecule has 4 heteroatoms. The van der Waals surface area contributed by atoms with Crippen molar-refractivity contribution in [2.75, 3.05) is 5.88 Å². The first-order valence-electron chi connectivity index (χ1n) is 6.75. The Balaban J connectivity index is 1.94. The van der Waals surface area contributed by atoms with E-state index in [4.69, 9.17) is 23.2 Å². The molecule has 0 bridgehead atoms. The molecular weight excluding hydrogens is 281 g/mol. The zero-order valence-corrected chi connectivity index (χ0v) is 12.4. The fourth-order valence-corrected chi connectivity index (χ4v) is 3.11. The summed E-state index contributed by atoms with van der Waals surface area (Å²) in [6, 6.07) is 7.39. The van der Waals surface area contributed by atoms with E-state index in [0.29, 0.717) is 17.3 Å². The first-order valence-corrected chi connectivity index (χ1v) is 7.66. The number of benzene rings is 1. The summed E-state index contributed by atoms with van der Waals surface area (Å²) in [7, 11) is 0. The van der Waals surface area contributed by atoms with Gasteiger partial charge < -0.3 is 5.32 Å². The van der Waals surface area contributed by atoms with E-state index < -0.39 is 0 Å². The van der Waals surface area contributed by atoms with Gasteiger partial charge in [0.1, 0.15) is 0 Å². The molecule has 0 heterocycles. The SMILES string of the molecule is O=C(Cc1ccc(Cl)cc1)NC1(CCl)CCCCC1. The summed E-state index contributed by atoms with van der Waals surface area (Å²) in [4.78, 5) is 12.1. The number of rotatable bonds is 4. The van der Waals surface area contributed by atoms with Gasteiger partial charge in [0, 0.05) is 10.9 Å². The molecule has 1 aromatic rings. The van der Waals surface area contributed by atoms with Gasteiger partial charge in [0.15, 0.2) is 0 Å². The monoisotopic (exact) mass is 299 g/mol. The van der Waals surface area contributed by atoms with Crippen molar-refractivity contribution in [1.82, 2.24) is 5.32 Å². The van der Waals surface area contributed by atoms with Crippen LogP contribution in [0.25, 0.3) is 0 Å². The maximum absolute atomic E-state index is 12.1. The smallest absolute Gasteiger partial charge is 0.224 e. The van der Waals surface area contributed by atoms with Crippen molar-refractivity contribution in [3.8, 4) is 0 Å². The van der Waals surface area contributed by atoms with Gasteiger partial charge in [0.25, 0.3) is 0 Å². The normalized spacial score (nSPS) is 18.0. The minimum Gasteiger partial charge on any atom is -0.349 e. The van der Waals surface area contributed by atoms with E-state index >= 15 is 0 Å². The highest BCUT2D eigenvalue weighted by Gasteiger charge is 2.32. The van der Waals surface area contributed by atoms with E-state index in [0.717, 1.165) is 31.2 Å². The highest BCUT2D eigenvalue weighted by Crippen LogP contribution is 2.29. The van der Waals surface area contributed by atoms with E-state index in [-0.39, 0.29) is 11.4 Å². The molecule has 1 saturated carbocycles. The lowest BCUT2D eigenvalue weighted by atomic mass is 9.83. The second-order valence-electron chi connectivity index (χ2n) is 5.33. The van der Waals surface area contributed by atoms with Crippen LogP contribution in [0.4, 0.5) is 0 Å². The Kier molecular flexibility index (Phi) is 5.12. The molecule has 0 radical (unpaired) electrons. The second kappa shape index (κ2) is 6.62. The van der Waals surface area contributed by atoms with Gasteiger partial charge in [0.2, 0.25) is 5.91 Å². The maximum atomic E-state index is 12.1. The van der Waals surface area contributed by atoms with Crippen molar-refractivity contribution in [2.24, 2.45) is 0 Å². The topological polar surface area (TPSA) is 29.1 Å². The predicted molar refractivity (Wildman–Crippen MR) is 79.8 cm³/mol. The Labute approximate surface area is 124 Å². The molecule has 0 saturated heterocycles. The molecule has 1 aliphatic carbocycles. The number of hydrogen-bond donors (Lipinski definition) is 1. The van der Waals surface area contributed by atoms with Crippen LogP contribution in [0.3, 0.4) is 0 Å². The third kappa shape index (κ3) is 4.12. The Morgan fingerprint density at radius 2 is 1.79 bits per heavy atom. The van der Waals surface area contributed by atoms with Crippen molar-refractivity contribution in [1.29, 1.82) is 0 Å². The van der Waals surface area contributed by atoms with Crippen LogP contribution in [0.1, 0.15) is 37.7 Å². The number of hydrogen-bond acceptors (Lipinski definition) is 1. The Morgan fingerprint density at radius 3 is 2.37 bits per heavy atom. The van der Waals surface area contributed by atoms with E-state index in [2.05, 4.69) is 5.32 Å². The van der Waals surface area contributed by atoms with Crippen LogP contribution in [0.15, 0.2) is 24.3 Å². The molecule has 2 nitrogen and oxygen atoms in total. The van der Waals surface area contributed by atoms with Crippen LogP contribution in [-0.2, 0) is 11.2 Å². The first kappa shape index (κ1) is 14.7. The number of carbonyl (C=O) groups is 1. The van der Waals surface area contributed by atoms with Crippen LogP contribution in [0, 0.1) is 0 Å². The quantitative estimate of drug-likeness (QED) is 0.838. The van der Waals surface area contributed by atoms with Gasteiger partial charge in [-0.3, -0.25) is 4.79 Å². The lowest BCUT2D eigenvalue weighted by Crippen LogP contribution is -2.51. The fourth-order valence-electron chi connectivity index (χ4n) is 2.65. The molecule has 1 aromatic carbocycles. The molecule has 1 N–H and O–H groups in total. The molecule has 104 valence electrons. The average molecular weight is 300 g/mol. The lowest BCUT2D eigenvalue weighted by Gasteiger charge is -2.36. The van der Waals surface area contributed by atoms with Crippen molar-refractivity contribution in [3.63, 3.8) is 0 Å². The highest BCUT2D eigenvalue weighted by atomic mass is 35.5. The van der Waals surface area contributed by atoms with Crippen molar-refractivity contribution in [2.45, 2.75) is 44.1 Å². The Morgan fingerprint density at radius 1 is 1.16 bits per heavy atom. The Bertz CT molecular complexity index is 424. The van der Waals surface area contributed by atoms with Gasteiger partial charge in [-0.25, -0.2) is 0 Å². The number of halogens is 2. The first-order chi connectivity index (χ1) is 9.13. The Hall–Kier alpha value is -0.730. The van der Waals surface area contributed by atoms with Gasteiger partial charge >= 0.3 is 0 Å². The molecule has 1 amide bonds. The molecule has 0 spiro atoms. The third-order valence-corrected chi connectivity index (χ3v) is 4.51. The number of amides is 1. The van der Waals surface area contributed by atoms with Gasteiger partial charge in [0.05, 0.1) is 12.0 Å². The third-order valence-electron chi connectivity index (χ3n) is 3.75. The fraction of sp³-hybridized carbons (Fsp3) is 0.533. The van der Waals surface area contributed by atoms with E-state index in [1.807, 2.05) is 24.3 Å². The lowest BCUT2D eigenvalue weighted by molar-refractivity contribution is -0.122. The summed E-state index contributed by atoms with van der Waals surface area (Å²) in [6.45, 7) is 0. The zero-order valence-electron chi connectivity index (χ0n) is 10.9. The molecular formula is C15H19Cl2NO. The molecule has 0 aliphatic heterocycles. The second-order valence-corrected chi connectivity index (χ2v) is 6.03. The van der Waals surface area contributed by atoms with Crippen molar-refractivity contribution < 1.29 is 4.79 Å². The molecule has 19 heavy (non-hydrogen) atoms. The summed E-state index contributed by atoms with van der Waals surface area (Å²) in [5.41, 5.74) is 0.783. The number of carbonyl (C=O) groups excluding carboxylic acids is 1. The van der Waals surface area contributed by atoms with Gasteiger partial charge in [-0.05, 0) is 30.5 Å². The van der Waals surface area contributed by atoms with Crippen LogP contribution < -0.4 is 5.32 Å². The standard InChI is InChI=1S/C15H19Cl2NO/c16-11-15(8-2-1-3-9-15)18-14(19)10-12-4-6-13(17)7-5-12/h4-7H,1-3,8-11H2,(H,18,19). The molecule has 2 rings (SSSR count). The molecule has 0 aromatic heterocycles. The zero-order chi connectivity index (χ0) is 13.7. The van der Waals surface area contributed by atoms with Crippen molar-refractivity contribution in [3.05, 3.63) is 34.9 Å². The average Bonchev–Trinajstić information content (AvgIpc) is 2.42. The van der Waals surface area contributed by atoms with E-state index in [1.165, 1.54) is 6.42 Å². The minimum atomic E-state index is -0.191. The highest BCUT2D eigenvalue weighted by molar-refractivity contribution is 6.30. The largest absolute Gasteiger partial charge is 0.349 e. The van der Waals surface area contributed by atoms with Crippen LogP contribution in [0.5, 0.6) is 0 Å². The van der Waals surface area contributed by atoms with Gasteiger partial charge in [-0.1, -0.05) is 43.0 Å². The number of nitrogens with one attached hydrogen (secondary N) is 1. The molecule has 0 unspecified atom stereocenters. The summed E-state index contributed by atoms with van der Waals surface area (Å²) in [5.74, 6) is 0.546.